The van der Waals surface area contributed by atoms with Gasteiger partial charge in [0.1, 0.15) is 11.6 Å². The molecule has 1 saturated carbocycles. The van der Waals surface area contributed by atoms with Gasteiger partial charge in [0.25, 0.3) is 0 Å². The van der Waals surface area contributed by atoms with Crippen LogP contribution in [0.5, 0.6) is 0 Å². The highest BCUT2D eigenvalue weighted by atomic mass is 19.4. The summed E-state index contributed by atoms with van der Waals surface area (Å²) in [7, 11) is 0. The number of nitrogens with one attached hydrogen (secondary N) is 1. The standard InChI is InChI=1S/C14H21F3N2O2/c1-10-11(20)18-13(6-3-2-4-7-13)12(21)19(10)9-5-8-14(15,16)17/h10H,2-9H2,1H3,(H,18,20). The second-order valence-electron chi connectivity index (χ2n) is 6.03. The third kappa shape index (κ3) is 3.49. The van der Waals surface area contributed by atoms with Crippen molar-refractivity contribution in [2.24, 2.45) is 0 Å². The fraction of sp³-hybridized carbons (Fsp3) is 0.857. The number of hydrogen-bond donors (Lipinski definition) is 1. The first kappa shape index (κ1) is 16.1. The van der Waals surface area contributed by atoms with Crippen molar-refractivity contribution in [3.05, 3.63) is 0 Å². The highest BCUT2D eigenvalue weighted by molar-refractivity contribution is 5.99. The van der Waals surface area contributed by atoms with Crippen LogP contribution in [0.3, 0.4) is 0 Å². The van der Waals surface area contributed by atoms with Crippen molar-refractivity contribution in [1.29, 1.82) is 0 Å². The van der Waals surface area contributed by atoms with E-state index in [0.717, 1.165) is 19.3 Å². The van der Waals surface area contributed by atoms with Crippen LogP contribution in [0.1, 0.15) is 51.9 Å². The van der Waals surface area contributed by atoms with Crippen LogP contribution >= 0.6 is 0 Å². The molecule has 1 N–H and O–H groups in total. The van der Waals surface area contributed by atoms with Crippen LogP contribution in [0.15, 0.2) is 0 Å². The molecule has 1 aliphatic heterocycles. The summed E-state index contributed by atoms with van der Waals surface area (Å²) in [5.41, 5.74) is -0.875. The summed E-state index contributed by atoms with van der Waals surface area (Å²) in [6.07, 6.45) is -1.42. The summed E-state index contributed by atoms with van der Waals surface area (Å²) in [4.78, 5) is 26.0. The van der Waals surface area contributed by atoms with Gasteiger partial charge in [0.15, 0.2) is 0 Å². The Balaban J connectivity index is 2.06. The molecule has 0 aromatic heterocycles. The minimum Gasteiger partial charge on any atom is -0.340 e. The Kier molecular flexibility index (Phi) is 4.49. The number of halogens is 3. The van der Waals surface area contributed by atoms with E-state index in [4.69, 9.17) is 0 Å². The average Bonchev–Trinajstić information content (AvgIpc) is 2.40. The van der Waals surface area contributed by atoms with E-state index in [2.05, 4.69) is 5.32 Å². The zero-order valence-corrected chi connectivity index (χ0v) is 12.1. The topological polar surface area (TPSA) is 49.4 Å². The van der Waals surface area contributed by atoms with Crippen molar-refractivity contribution >= 4 is 11.8 Å². The molecule has 4 nitrogen and oxygen atoms in total. The van der Waals surface area contributed by atoms with Gasteiger partial charge in [0.05, 0.1) is 0 Å². The van der Waals surface area contributed by atoms with Gasteiger partial charge in [0.2, 0.25) is 11.8 Å². The molecular formula is C14H21F3N2O2. The second kappa shape index (κ2) is 5.85. The maximum atomic E-state index is 12.6. The predicted octanol–water partition coefficient (Wildman–Crippen LogP) is 2.38. The molecule has 21 heavy (non-hydrogen) atoms. The van der Waals surface area contributed by atoms with Gasteiger partial charge in [-0.15, -0.1) is 0 Å². The van der Waals surface area contributed by atoms with Gasteiger partial charge in [-0.3, -0.25) is 9.59 Å². The summed E-state index contributed by atoms with van der Waals surface area (Å²) in [5, 5.41) is 2.82. The van der Waals surface area contributed by atoms with Crippen molar-refractivity contribution in [3.63, 3.8) is 0 Å². The van der Waals surface area contributed by atoms with Crippen LogP contribution in [-0.2, 0) is 9.59 Å². The van der Waals surface area contributed by atoms with Crippen LogP contribution in [0.4, 0.5) is 13.2 Å². The summed E-state index contributed by atoms with van der Waals surface area (Å²) >= 11 is 0. The van der Waals surface area contributed by atoms with Gasteiger partial charge < -0.3 is 10.2 Å². The van der Waals surface area contributed by atoms with E-state index >= 15 is 0 Å². The SMILES string of the molecule is CC1C(=O)NC2(CCCCC2)C(=O)N1CCCC(F)(F)F. The van der Waals surface area contributed by atoms with Gasteiger partial charge >= 0.3 is 6.18 Å². The lowest BCUT2D eigenvalue weighted by Crippen LogP contribution is -2.70. The molecule has 1 atom stereocenters. The number of carbonyl (C=O) groups excluding carboxylic acids is 2. The second-order valence-corrected chi connectivity index (χ2v) is 6.03. The molecule has 1 saturated heterocycles. The Hall–Kier alpha value is -1.27. The van der Waals surface area contributed by atoms with Gasteiger partial charge in [0, 0.05) is 13.0 Å². The van der Waals surface area contributed by atoms with E-state index in [1.165, 1.54) is 4.90 Å². The highest BCUT2D eigenvalue weighted by Crippen LogP contribution is 2.33. The molecule has 1 spiro atoms. The number of alkyl halides is 3. The normalized spacial score (nSPS) is 26.1. The molecule has 2 amide bonds. The molecule has 1 unspecified atom stereocenters. The van der Waals surface area contributed by atoms with Crippen molar-refractivity contribution in [2.75, 3.05) is 6.54 Å². The Morgan fingerprint density at radius 3 is 2.43 bits per heavy atom. The summed E-state index contributed by atoms with van der Waals surface area (Å²) < 4.78 is 36.7. The van der Waals surface area contributed by atoms with Crippen molar-refractivity contribution in [1.82, 2.24) is 10.2 Å². The smallest absolute Gasteiger partial charge is 0.340 e. The molecule has 0 aromatic carbocycles. The Morgan fingerprint density at radius 1 is 1.24 bits per heavy atom. The van der Waals surface area contributed by atoms with E-state index in [0.29, 0.717) is 12.8 Å². The van der Waals surface area contributed by atoms with Crippen molar-refractivity contribution in [3.8, 4) is 0 Å². The van der Waals surface area contributed by atoms with Crippen LogP contribution in [0.2, 0.25) is 0 Å². The first-order valence-corrected chi connectivity index (χ1v) is 7.45. The molecule has 1 aliphatic carbocycles. The Morgan fingerprint density at radius 2 is 1.86 bits per heavy atom. The molecule has 2 aliphatic rings. The largest absolute Gasteiger partial charge is 0.389 e. The van der Waals surface area contributed by atoms with Gasteiger partial charge in [-0.1, -0.05) is 19.3 Å². The monoisotopic (exact) mass is 306 g/mol. The molecule has 120 valence electrons. The molecule has 2 fully saturated rings. The summed E-state index contributed by atoms with van der Waals surface area (Å²) in [6, 6.07) is -0.696. The lowest BCUT2D eigenvalue weighted by atomic mass is 9.78. The number of piperazine rings is 1. The number of nitrogens with zero attached hydrogens (tertiary/aromatic N) is 1. The molecule has 0 bridgehead atoms. The number of amides is 2. The van der Waals surface area contributed by atoms with Gasteiger partial charge in [-0.2, -0.15) is 13.2 Å². The minimum absolute atomic E-state index is 0.0192. The van der Waals surface area contributed by atoms with E-state index in [1.807, 2.05) is 0 Å². The van der Waals surface area contributed by atoms with Crippen LogP contribution in [0.25, 0.3) is 0 Å². The highest BCUT2D eigenvalue weighted by Gasteiger charge is 2.49. The maximum absolute atomic E-state index is 12.6. The lowest BCUT2D eigenvalue weighted by Gasteiger charge is -2.47. The van der Waals surface area contributed by atoms with E-state index in [1.54, 1.807) is 6.92 Å². The molecule has 7 heteroatoms. The third-order valence-corrected chi connectivity index (χ3v) is 4.45. The molecular weight excluding hydrogens is 285 g/mol. The summed E-state index contributed by atoms with van der Waals surface area (Å²) in [6.45, 7) is 1.55. The average molecular weight is 306 g/mol. The predicted molar refractivity (Wildman–Crippen MR) is 70.4 cm³/mol. The lowest BCUT2D eigenvalue weighted by molar-refractivity contribution is -0.158. The quantitative estimate of drug-likeness (QED) is 0.870. The first-order chi connectivity index (χ1) is 9.75. The number of carbonyl (C=O) groups is 2. The van der Waals surface area contributed by atoms with E-state index in [-0.39, 0.29) is 24.8 Å². The molecule has 1 heterocycles. The van der Waals surface area contributed by atoms with Crippen LogP contribution in [-0.4, -0.2) is 41.0 Å². The van der Waals surface area contributed by atoms with Crippen molar-refractivity contribution < 1.29 is 22.8 Å². The third-order valence-electron chi connectivity index (χ3n) is 4.45. The van der Waals surface area contributed by atoms with Crippen LogP contribution in [0, 0.1) is 0 Å². The maximum Gasteiger partial charge on any atom is 0.389 e. The molecule has 0 radical (unpaired) electrons. The zero-order valence-electron chi connectivity index (χ0n) is 12.1. The fourth-order valence-corrected chi connectivity index (χ4v) is 3.23. The van der Waals surface area contributed by atoms with Gasteiger partial charge in [-0.05, 0) is 26.2 Å². The minimum atomic E-state index is -4.23. The fourth-order valence-electron chi connectivity index (χ4n) is 3.23. The zero-order chi connectivity index (χ0) is 15.7. The van der Waals surface area contributed by atoms with E-state index in [9.17, 15) is 22.8 Å². The molecule has 2 rings (SSSR count). The Labute approximate surface area is 122 Å². The summed E-state index contributed by atoms with van der Waals surface area (Å²) in [5.74, 6) is -0.472. The number of rotatable bonds is 3. The Bertz CT molecular complexity index is 417. The first-order valence-electron chi connectivity index (χ1n) is 7.45. The molecule has 0 aromatic rings. The van der Waals surface area contributed by atoms with E-state index < -0.39 is 24.2 Å². The number of hydrogen-bond acceptors (Lipinski definition) is 2. The van der Waals surface area contributed by atoms with Gasteiger partial charge in [-0.25, -0.2) is 0 Å². The van der Waals surface area contributed by atoms with Crippen LogP contribution < -0.4 is 5.32 Å². The van der Waals surface area contributed by atoms with Crippen molar-refractivity contribution in [2.45, 2.75) is 69.6 Å².